The number of unbranched alkanes of at least 4 members (excludes halogenated alkanes) is 10. The minimum absolute atomic E-state index is 0. The zero-order valence-electron chi connectivity index (χ0n) is 11.6. The number of hydrogen-bond acceptors (Lipinski definition) is 1. The van der Waals surface area contributed by atoms with E-state index in [4.69, 9.17) is 9.79 Å². The summed E-state index contributed by atoms with van der Waals surface area (Å²) in [7, 11) is -3.74. The van der Waals surface area contributed by atoms with Gasteiger partial charge in [0.1, 0.15) is 0 Å². The van der Waals surface area contributed by atoms with Crippen molar-refractivity contribution in [2.24, 2.45) is 0 Å². The Morgan fingerprint density at radius 3 is 1.39 bits per heavy atom. The molecule has 0 saturated carbocycles. The van der Waals surface area contributed by atoms with Gasteiger partial charge in [-0.05, 0) is 6.42 Å². The van der Waals surface area contributed by atoms with E-state index >= 15 is 0 Å². The molecule has 18 heavy (non-hydrogen) atoms. The molecule has 0 aliphatic carbocycles. The van der Waals surface area contributed by atoms with E-state index in [0.29, 0.717) is 6.42 Å². The molecule has 0 rings (SSSR count). The van der Waals surface area contributed by atoms with Gasteiger partial charge in [0, 0.05) is 22.7 Å². The summed E-state index contributed by atoms with van der Waals surface area (Å²) in [6.45, 7) is 2.23. The van der Waals surface area contributed by atoms with Crippen molar-refractivity contribution in [3.8, 4) is 0 Å². The van der Waals surface area contributed by atoms with Crippen LogP contribution in [0.1, 0.15) is 77.6 Å². The van der Waals surface area contributed by atoms with Crippen LogP contribution in [0.4, 0.5) is 0 Å². The van der Waals surface area contributed by atoms with Gasteiger partial charge < -0.3 is 9.79 Å². The van der Waals surface area contributed by atoms with E-state index in [-0.39, 0.29) is 22.7 Å². The van der Waals surface area contributed by atoms with Crippen LogP contribution < -0.4 is 0 Å². The van der Waals surface area contributed by atoms with Crippen molar-refractivity contribution in [2.75, 3.05) is 6.16 Å². The molecule has 0 aromatic heterocycles. The molecule has 0 fully saturated rings. The van der Waals surface area contributed by atoms with Gasteiger partial charge in [-0.25, -0.2) is 0 Å². The fourth-order valence-corrected chi connectivity index (χ4v) is 2.62. The monoisotopic (exact) mass is 322 g/mol. The van der Waals surface area contributed by atoms with Gasteiger partial charge in [-0.1, -0.05) is 71.1 Å². The second kappa shape index (κ2) is 14.1. The van der Waals surface area contributed by atoms with E-state index in [2.05, 4.69) is 6.92 Å². The molecule has 0 atom stereocenters. The molecule has 0 aliphatic rings. The number of rotatable bonds is 12. The first-order valence-electron chi connectivity index (χ1n) is 7.11. The van der Waals surface area contributed by atoms with Crippen molar-refractivity contribution in [1.29, 1.82) is 0 Å². The molecule has 0 aromatic rings. The maximum absolute atomic E-state index is 10.6. The largest absolute Gasteiger partial charge is 0.325 e. The minimum Gasteiger partial charge on any atom is -0.324 e. The molecule has 0 bridgehead atoms. The van der Waals surface area contributed by atoms with Crippen LogP contribution in [0.2, 0.25) is 0 Å². The third-order valence-corrected chi connectivity index (χ3v) is 3.95. The van der Waals surface area contributed by atoms with E-state index in [1.807, 2.05) is 0 Å². The maximum atomic E-state index is 10.6. The molecule has 0 saturated heterocycles. The molecule has 0 unspecified atom stereocenters. The van der Waals surface area contributed by atoms with Gasteiger partial charge in [0.15, 0.2) is 0 Å². The quantitative estimate of drug-likeness (QED) is 0.316. The molecule has 0 amide bonds. The van der Waals surface area contributed by atoms with Crippen LogP contribution >= 0.6 is 7.60 Å². The SMILES string of the molecule is CCCCCCCCCCCCCP(=O)(O)O.[Ni]. The van der Waals surface area contributed by atoms with Crippen LogP contribution in [-0.4, -0.2) is 15.9 Å². The topological polar surface area (TPSA) is 57.5 Å². The summed E-state index contributed by atoms with van der Waals surface area (Å²) in [6, 6.07) is 0. The first-order valence-corrected chi connectivity index (χ1v) is 8.90. The van der Waals surface area contributed by atoms with Crippen LogP contribution in [0.3, 0.4) is 0 Å². The third kappa shape index (κ3) is 19.0. The van der Waals surface area contributed by atoms with Gasteiger partial charge in [-0.3, -0.25) is 4.57 Å². The van der Waals surface area contributed by atoms with Crippen LogP contribution in [0, 0.1) is 0 Å². The summed E-state index contributed by atoms with van der Waals surface area (Å²) in [4.78, 5) is 17.3. The minimum atomic E-state index is -3.74. The average molecular weight is 323 g/mol. The van der Waals surface area contributed by atoms with Gasteiger partial charge in [-0.15, -0.1) is 0 Å². The summed E-state index contributed by atoms with van der Waals surface area (Å²) in [5.41, 5.74) is 0. The Balaban J connectivity index is 0. The van der Waals surface area contributed by atoms with E-state index < -0.39 is 7.60 Å². The van der Waals surface area contributed by atoms with Crippen LogP contribution in [0.25, 0.3) is 0 Å². The third-order valence-electron chi connectivity index (χ3n) is 3.05. The Morgan fingerprint density at radius 2 is 1.06 bits per heavy atom. The van der Waals surface area contributed by atoms with E-state index in [9.17, 15) is 4.57 Å². The summed E-state index contributed by atoms with van der Waals surface area (Å²) >= 11 is 0. The zero-order chi connectivity index (χ0) is 13.0. The van der Waals surface area contributed by atoms with Crippen molar-refractivity contribution in [3.05, 3.63) is 0 Å². The fraction of sp³-hybridized carbons (Fsp3) is 1.00. The first-order chi connectivity index (χ1) is 8.06. The van der Waals surface area contributed by atoms with Crippen molar-refractivity contribution in [1.82, 2.24) is 0 Å². The molecule has 5 heteroatoms. The van der Waals surface area contributed by atoms with Gasteiger partial charge in [-0.2, -0.15) is 0 Å². The maximum Gasteiger partial charge on any atom is 0.325 e. The summed E-state index contributed by atoms with van der Waals surface area (Å²) in [5.74, 6) is 0. The smallest absolute Gasteiger partial charge is 0.324 e. The molecule has 0 aromatic carbocycles. The summed E-state index contributed by atoms with van der Waals surface area (Å²) < 4.78 is 10.6. The molecule has 2 N–H and O–H groups in total. The van der Waals surface area contributed by atoms with Gasteiger partial charge in [0.2, 0.25) is 0 Å². The summed E-state index contributed by atoms with van der Waals surface area (Å²) in [5, 5.41) is 0. The normalized spacial score (nSPS) is 11.3. The van der Waals surface area contributed by atoms with E-state index in [0.717, 1.165) is 12.8 Å². The Bertz CT molecular complexity index is 206. The second-order valence-electron chi connectivity index (χ2n) is 4.92. The number of hydrogen-bond donors (Lipinski definition) is 2. The van der Waals surface area contributed by atoms with Gasteiger partial charge in [0.05, 0.1) is 0 Å². The molecule has 114 valence electrons. The zero-order valence-corrected chi connectivity index (χ0v) is 13.4. The average Bonchev–Trinajstić information content (AvgIpc) is 2.24. The molecule has 3 nitrogen and oxygen atoms in total. The Labute approximate surface area is 122 Å². The Hall–Kier alpha value is 0.644. The first kappa shape index (κ1) is 21.0. The summed E-state index contributed by atoms with van der Waals surface area (Å²) in [6.07, 6.45) is 13.4. The molecule has 0 spiro atoms. The molecular weight excluding hydrogens is 294 g/mol. The molecule has 0 radical (unpaired) electrons. The van der Waals surface area contributed by atoms with Gasteiger partial charge >= 0.3 is 7.60 Å². The standard InChI is InChI=1S/C13H29O3P.Ni/c1-2-3-4-5-6-7-8-9-10-11-12-13-17(14,15)16;/h2-13H2,1H3,(H2,14,15,16);. The molecule has 0 aliphatic heterocycles. The fourth-order valence-electron chi connectivity index (χ4n) is 1.98. The van der Waals surface area contributed by atoms with Crippen molar-refractivity contribution in [2.45, 2.75) is 77.6 Å². The van der Waals surface area contributed by atoms with Crippen molar-refractivity contribution >= 4 is 7.60 Å². The Kier molecular flexibility index (Phi) is 16.4. The second-order valence-corrected chi connectivity index (χ2v) is 6.70. The predicted molar refractivity (Wildman–Crippen MR) is 73.4 cm³/mol. The predicted octanol–water partition coefficient (Wildman–Crippen LogP) is 4.47. The van der Waals surface area contributed by atoms with Crippen molar-refractivity contribution < 1.29 is 30.8 Å². The van der Waals surface area contributed by atoms with Crippen LogP contribution in [0.15, 0.2) is 0 Å². The van der Waals surface area contributed by atoms with E-state index in [1.54, 1.807) is 0 Å². The Morgan fingerprint density at radius 1 is 0.722 bits per heavy atom. The van der Waals surface area contributed by atoms with Crippen molar-refractivity contribution in [3.63, 3.8) is 0 Å². The van der Waals surface area contributed by atoms with Crippen LogP contribution in [0.5, 0.6) is 0 Å². The molecule has 0 heterocycles. The molecular formula is C13H29NiO3P. The van der Waals surface area contributed by atoms with Crippen LogP contribution in [-0.2, 0) is 21.1 Å². The van der Waals surface area contributed by atoms with E-state index in [1.165, 1.54) is 51.4 Å². The van der Waals surface area contributed by atoms with Gasteiger partial charge in [0.25, 0.3) is 0 Å².